The number of aromatic nitrogens is 3. The van der Waals surface area contributed by atoms with E-state index in [1.54, 1.807) is 25.1 Å². The molecule has 0 aliphatic heterocycles. The number of alkyl halides is 2. The Morgan fingerprint density at radius 2 is 1.97 bits per heavy atom. The van der Waals surface area contributed by atoms with Gasteiger partial charge in [0.15, 0.2) is 5.65 Å². The topological polar surface area (TPSA) is 112 Å². The smallest absolute Gasteiger partial charge is 0.280 e. The first kappa shape index (κ1) is 23.1. The predicted octanol–water partition coefficient (Wildman–Crippen LogP) is 5.89. The Labute approximate surface area is 196 Å². The van der Waals surface area contributed by atoms with Crippen LogP contribution in [0, 0.1) is 24.0 Å². The van der Waals surface area contributed by atoms with E-state index in [9.17, 15) is 23.7 Å². The van der Waals surface area contributed by atoms with Crippen LogP contribution < -0.4 is 10.1 Å². The Hall–Kier alpha value is -4.12. The van der Waals surface area contributed by atoms with Gasteiger partial charge in [0.2, 0.25) is 0 Å². The minimum atomic E-state index is -2.83. The summed E-state index contributed by atoms with van der Waals surface area (Å²) in [5, 5.41) is 18.3. The number of nitrogens with one attached hydrogen (secondary N) is 1. The van der Waals surface area contributed by atoms with Gasteiger partial charge in [-0.1, -0.05) is 11.6 Å². The van der Waals surface area contributed by atoms with Crippen molar-refractivity contribution < 1.29 is 23.2 Å². The highest BCUT2D eigenvalue weighted by molar-refractivity contribution is 6.30. The maximum Gasteiger partial charge on any atom is 0.280 e. The number of halogens is 3. The molecule has 1 N–H and O–H groups in total. The summed E-state index contributed by atoms with van der Waals surface area (Å²) in [4.78, 5) is 27.8. The van der Waals surface area contributed by atoms with Crippen LogP contribution in [0.1, 0.15) is 33.7 Å². The first-order valence-corrected chi connectivity index (χ1v) is 10.2. The second kappa shape index (κ2) is 9.02. The van der Waals surface area contributed by atoms with Crippen LogP contribution in [0.5, 0.6) is 11.5 Å². The van der Waals surface area contributed by atoms with E-state index in [0.717, 1.165) is 16.8 Å². The maximum absolute atomic E-state index is 13.4. The highest BCUT2D eigenvalue weighted by atomic mass is 35.5. The number of anilines is 1. The average Bonchev–Trinajstić information content (AvgIpc) is 3.18. The van der Waals surface area contributed by atoms with E-state index < -0.39 is 22.9 Å². The van der Waals surface area contributed by atoms with Gasteiger partial charge in [0.05, 0.1) is 22.9 Å². The van der Waals surface area contributed by atoms with Crippen molar-refractivity contribution in [2.24, 2.45) is 0 Å². The zero-order chi connectivity index (χ0) is 24.6. The number of carbonyl (C=O) groups excluding carboxylic acids is 1. The molecule has 9 nitrogen and oxygen atoms in total. The summed E-state index contributed by atoms with van der Waals surface area (Å²) >= 11 is 5.95. The molecule has 0 aliphatic rings. The van der Waals surface area contributed by atoms with Crippen LogP contribution in [-0.2, 0) is 0 Å². The number of nitro groups is 1. The minimum absolute atomic E-state index is 0.0573. The number of nitrogens with zero attached hydrogens (tertiary/aromatic N) is 4. The standard InChI is InChI=1S/C22H16ClF2N5O4/c1-11-5-13(23)3-4-19(11)34-16-8-14(7-15(9-16)30(32)33)28-22(31)17-10-26-29-18(20(24)25)6-12(2)27-21(17)29/h3-10,20H,1-2H3,(H,28,31). The summed E-state index contributed by atoms with van der Waals surface area (Å²) in [5.41, 5.74) is 0.162. The number of hydrogen-bond acceptors (Lipinski definition) is 6. The summed E-state index contributed by atoms with van der Waals surface area (Å²) in [6, 6.07) is 9.82. The summed E-state index contributed by atoms with van der Waals surface area (Å²) in [7, 11) is 0. The van der Waals surface area contributed by atoms with Gasteiger partial charge in [-0.2, -0.15) is 5.10 Å². The van der Waals surface area contributed by atoms with Gasteiger partial charge < -0.3 is 10.1 Å². The number of benzene rings is 2. The molecule has 0 radical (unpaired) electrons. The van der Waals surface area contributed by atoms with Crippen molar-refractivity contribution >= 4 is 34.5 Å². The van der Waals surface area contributed by atoms with Crippen LogP contribution in [-0.4, -0.2) is 25.4 Å². The van der Waals surface area contributed by atoms with Crippen molar-refractivity contribution in [2.45, 2.75) is 20.3 Å². The Balaban J connectivity index is 1.68. The van der Waals surface area contributed by atoms with Crippen LogP contribution in [0.3, 0.4) is 0 Å². The monoisotopic (exact) mass is 487 g/mol. The van der Waals surface area contributed by atoms with Crippen molar-refractivity contribution in [3.8, 4) is 11.5 Å². The van der Waals surface area contributed by atoms with E-state index in [-0.39, 0.29) is 34.0 Å². The van der Waals surface area contributed by atoms with Crippen molar-refractivity contribution in [1.29, 1.82) is 0 Å². The molecule has 4 aromatic rings. The van der Waals surface area contributed by atoms with Gasteiger partial charge in [-0.05, 0) is 43.7 Å². The van der Waals surface area contributed by atoms with Gasteiger partial charge in [0, 0.05) is 22.8 Å². The van der Waals surface area contributed by atoms with Gasteiger partial charge in [0.25, 0.3) is 18.0 Å². The normalized spacial score (nSPS) is 11.1. The highest BCUT2D eigenvalue weighted by Gasteiger charge is 2.21. The molecule has 12 heteroatoms. The molecule has 0 atom stereocenters. The molecule has 0 aliphatic carbocycles. The molecule has 4 rings (SSSR count). The molecule has 0 unspecified atom stereocenters. The summed E-state index contributed by atoms with van der Waals surface area (Å²) < 4.78 is 33.4. The lowest BCUT2D eigenvalue weighted by Gasteiger charge is -2.11. The molecule has 2 heterocycles. The first-order chi connectivity index (χ1) is 16.1. The molecule has 1 amide bonds. The Bertz CT molecular complexity index is 1440. The van der Waals surface area contributed by atoms with Crippen LogP contribution >= 0.6 is 11.6 Å². The number of aryl methyl sites for hydroxylation is 2. The lowest BCUT2D eigenvalue weighted by molar-refractivity contribution is -0.384. The molecule has 2 aromatic carbocycles. The summed E-state index contributed by atoms with van der Waals surface area (Å²) in [6.45, 7) is 3.28. The largest absolute Gasteiger partial charge is 0.457 e. The highest BCUT2D eigenvalue weighted by Crippen LogP contribution is 2.32. The molecule has 0 bridgehead atoms. The maximum atomic E-state index is 13.4. The SMILES string of the molecule is Cc1cc(C(F)F)n2ncc(C(=O)Nc3cc(Oc4ccc(Cl)cc4C)cc([N+](=O)[O-])c3)c2n1. The lowest BCUT2D eigenvalue weighted by atomic mass is 10.2. The van der Waals surface area contributed by atoms with Crippen LogP contribution in [0.15, 0.2) is 48.7 Å². The fourth-order valence-corrected chi connectivity index (χ4v) is 3.53. The fourth-order valence-electron chi connectivity index (χ4n) is 3.30. The Morgan fingerprint density at radius 3 is 2.65 bits per heavy atom. The van der Waals surface area contributed by atoms with Crippen molar-refractivity contribution in [3.63, 3.8) is 0 Å². The van der Waals surface area contributed by atoms with Gasteiger partial charge in [-0.3, -0.25) is 14.9 Å². The van der Waals surface area contributed by atoms with E-state index >= 15 is 0 Å². The molecule has 0 saturated carbocycles. The summed E-state index contributed by atoms with van der Waals surface area (Å²) in [5.74, 6) is -0.213. The number of carbonyl (C=O) groups is 1. The Kier molecular flexibility index (Phi) is 6.12. The van der Waals surface area contributed by atoms with Crippen LogP contribution in [0.2, 0.25) is 5.02 Å². The predicted molar refractivity (Wildman–Crippen MR) is 120 cm³/mol. The first-order valence-electron chi connectivity index (χ1n) is 9.80. The lowest BCUT2D eigenvalue weighted by Crippen LogP contribution is -2.13. The van der Waals surface area contributed by atoms with Crippen molar-refractivity contribution in [3.05, 3.63) is 86.3 Å². The number of amides is 1. The van der Waals surface area contributed by atoms with Gasteiger partial charge in [-0.15, -0.1) is 0 Å². The number of ether oxygens (including phenoxy) is 1. The molecule has 2 aromatic heterocycles. The number of rotatable bonds is 6. The van der Waals surface area contributed by atoms with E-state index in [4.69, 9.17) is 16.3 Å². The third kappa shape index (κ3) is 4.64. The zero-order valence-corrected chi connectivity index (χ0v) is 18.5. The number of hydrogen-bond donors (Lipinski definition) is 1. The molecular formula is C22H16ClF2N5O4. The number of nitro benzene ring substituents is 1. The van der Waals surface area contributed by atoms with Crippen LogP contribution in [0.4, 0.5) is 20.2 Å². The molecule has 0 saturated heterocycles. The van der Waals surface area contributed by atoms with Gasteiger partial charge >= 0.3 is 0 Å². The third-order valence-corrected chi connectivity index (χ3v) is 5.06. The van der Waals surface area contributed by atoms with Gasteiger partial charge in [-0.25, -0.2) is 18.3 Å². The zero-order valence-electron chi connectivity index (χ0n) is 17.8. The van der Waals surface area contributed by atoms with E-state index in [1.165, 1.54) is 25.1 Å². The van der Waals surface area contributed by atoms with E-state index in [2.05, 4.69) is 15.4 Å². The molecule has 0 spiro atoms. The summed E-state index contributed by atoms with van der Waals surface area (Å²) in [6.07, 6.45) is -1.72. The third-order valence-electron chi connectivity index (χ3n) is 4.82. The molecular weight excluding hydrogens is 472 g/mol. The van der Waals surface area contributed by atoms with Gasteiger partial charge in [0.1, 0.15) is 22.8 Å². The average molecular weight is 488 g/mol. The Morgan fingerprint density at radius 1 is 1.21 bits per heavy atom. The number of non-ortho nitro benzene ring substituents is 1. The van der Waals surface area contributed by atoms with Crippen LogP contribution in [0.25, 0.3) is 5.65 Å². The molecule has 0 fully saturated rings. The second-order valence-corrected chi connectivity index (χ2v) is 7.79. The van der Waals surface area contributed by atoms with Crippen molar-refractivity contribution in [1.82, 2.24) is 14.6 Å². The quantitative estimate of drug-likeness (QED) is 0.268. The van der Waals surface area contributed by atoms with Crippen molar-refractivity contribution in [2.75, 3.05) is 5.32 Å². The molecule has 34 heavy (non-hydrogen) atoms. The number of fused-ring (bicyclic) bond motifs is 1. The second-order valence-electron chi connectivity index (χ2n) is 7.36. The fraction of sp³-hybridized carbons (Fsp3) is 0.136. The van der Waals surface area contributed by atoms with E-state index in [0.29, 0.717) is 16.3 Å². The molecule has 174 valence electrons. The van der Waals surface area contributed by atoms with E-state index in [1.807, 2.05) is 0 Å². The minimum Gasteiger partial charge on any atom is -0.457 e.